The van der Waals surface area contributed by atoms with Crippen molar-refractivity contribution in [2.24, 2.45) is 0 Å². The molecule has 0 saturated carbocycles. The molecule has 0 fully saturated rings. The third kappa shape index (κ3) is 6.36. The van der Waals surface area contributed by atoms with Crippen molar-refractivity contribution >= 4 is 0 Å². The number of benzene rings is 1. The third-order valence-electron chi connectivity index (χ3n) is 1.12. The van der Waals surface area contributed by atoms with Crippen LogP contribution in [0.5, 0.6) is 0 Å². The molecular weight excluding hydrogens is 316 g/mol. The van der Waals surface area contributed by atoms with Gasteiger partial charge in [0.2, 0.25) is 0 Å². The van der Waals surface area contributed by atoms with Crippen molar-refractivity contribution in [3.05, 3.63) is 56.7 Å². The Hall–Kier alpha value is -0.352. The summed E-state index contributed by atoms with van der Waals surface area (Å²) in [7, 11) is 0. The van der Waals surface area contributed by atoms with E-state index in [0.717, 1.165) is 11.1 Å². The standard InChI is InChI=1S/C8H8.C2H6.CH3.W/c1-7-5-3-4-6-8(7)2;1-2;;/h3-6H,1-2H2;1-2H3;1H3;/q-2;;-1;. The van der Waals surface area contributed by atoms with E-state index < -0.39 is 0 Å². The van der Waals surface area contributed by atoms with Gasteiger partial charge in [0, 0.05) is 21.1 Å². The molecule has 0 unspecified atom stereocenters. The van der Waals surface area contributed by atoms with Crippen LogP contribution in [0.1, 0.15) is 25.0 Å². The summed E-state index contributed by atoms with van der Waals surface area (Å²) >= 11 is 0. The van der Waals surface area contributed by atoms with Gasteiger partial charge in [-0.05, 0) is 0 Å². The molecule has 0 aromatic heterocycles. The van der Waals surface area contributed by atoms with Crippen LogP contribution in [-0.2, 0) is 21.1 Å². The molecule has 0 heterocycles. The first-order valence-corrected chi connectivity index (χ1v) is 3.53. The molecule has 1 rings (SSSR count). The summed E-state index contributed by atoms with van der Waals surface area (Å²) in [6, 6.07) is 7.80. The zero-order chi connectivity index (χ0) is 7.98. The van der Waals surface area contributed by atoms with Gasteiger partial charge < -0.3 is 7.43 Å². The molecule has 0 saturated heterocycles. The van der Waals surface area contributed by atoms with E-state index in [1.807, 2.05) is 38.1 Å². The minimum absolute atomic E-state index is 0. The molecule has 70 valence electrons. The zero-order valence-corrected chi connectivity index (χ0v) is 11.1. The van der Waals surface area contributed by atoms with Gasteiger partial charge in [0.1, 0.15) is 0 Å². The smallest absolute Gasteiger partial charge is 0 e. The summed E-state index contributed by atoms with van der Waals surface area (Å²) < 4.78 is 0. The molecule has 0 nitrogen and oxygen atoms in total. The summed E-state index contributed by atoms with van der Waals surface area (Å²) in [5.41, 5.74) is 2.01. The molecule has 1 aromatic carbocycles. The Morgan fingerprint density at radius 3 is 1.33 bits per heavy atom. The Kier molecular flexibility index (Phi) is 15.7. The number of rotatable bonds is 0. The fourth-order valence-corrected chi connectivity index (χ4v) is 0.557. The second kappa shape index (κ2) is 10.6. The predicted octanol–water partition coefficient (Wildman–Crippen LogP) is 3.52. The largest absolute Gasteiger partial charge is 0.358 e. The number of hydrogen-bond donors (Lipinski definition) is 0. The maximum atomic E-state index is 3.76. The van der Waals surface area contributed by atoms with Gasteiger partial charge in [-0.25, -0.2) is 12.1 Å². The number of hydrogen-bond acceptors (Lipinski definition) is 0. The fraction of sp³-hybridized carbons (Fsp3) is 0.182. The van der Waals surface area contributed by atoms with E-state index in [2.05, 4.69) is 13.8 Å². The van der Waals surface area contributed by atoms with Crippen LogP contribution in [-0.4, -0.2) is 0 Å². The van der Waals surface area contributed by atoms with E-state index in [-0.39, 0.29) is 28.5 Å². The van der Waals surface area contributed by atoms with Crippen molar-refractivity contribution < 1.29 is 21.1 Å². The molecular formula is C11H17W-3. The van der Waals surface area contributed by atoms with Gasteiger partial charge in [-0.1, -0.05) is 13.8 Å². The SMILES string of the molecule is CC.[CH2-]c1ccccc1[CH2-].[CH3-].[W]. The summed E-state index contributed by atoms with van der Waals surface area (Å²) in [6.45, 7) is 11.5. The molecule has 0 aliphatic heterocycles. The maximum Gasteiger partial charge on any atom is 0 e. The molecule has 0 amide bonds. The first-order chi connectivity index (χ1) is 4.80. The van der Waals surface area contributed by atoms with Gasteiger partial charge in [0.15, 0.2) is 0 Å². The minimum Gasteiger partial charge on any atom is -0.358 e. The normalized spacial score (nSPS) is 6.50. The molecule has 0 aliphatic rings. The maximum absolute atomic E-state index is 3.76. The predicted molar refractivity (Wildman–Crippen MR) is 53.1 cm³/mol. The van der Waals surface area contributed by atoms with Crippen molar-refractivity contribution in [2.45, 2.75) is 13.8 Å². The van der Waals surface area contributed by atoms with Crippen molar-refractivity contribution in [2.75, 3.05) is 0 Å². The molecule has 0 atom stereocenters. The van der Waals surface area contributed by atoms with Crippen molar-refractivity contribution in [3.8, 4) is 0 Å². The van der Waals surface area contributed by atoms with Crippen LogP contribution >= 0.6 is 0 Å². The Morgan fingerprint density at radius 2 is 1.17 bits per heavy atom. The van der Waals surface area contributed by atoms with Crippen LogP contribution in [0.4, 0.5) is 0 Å². The quantitative estimate of drug-likeness (QED) is 0.638. The van der Waals surface area contributed by atoms with E-state index in [1.54, 1.807) is 0 Å². The second-order valence-electron chi connectivity index (χ2n) is 1.77. The Balaban J connectivity index is -0.000000189. The minimum atomic E-state index is 0. The van der Waals surface area contributed by atoms with E-state index in [0.29, 0.717) is 0 Å². The van der Waals surface area contributed by atoms with Crippen molar-refractivity contribution in [3.63, 3.8) is 0 Å². The van der Waals surface area contributed by atoms with E-state index in [9.17, 15) is 0 Å². The van der Waals surface area contributed by atoms with Gasteiger partial charge in [-0.15, -0.1) is 12.1 Å². The van der Waals surface area contributed by atoms with Gasteiger partial charge >= 0.3 is 0 Å². The molecule has 0 aliphatic carbocycles. The van der Waals surface area contributed by atoms with Crippen LogP contribution in [0, 0.1) is 21.3 Å². The molecule has 1 heteroatoms. The first kappa shape index (κ1) is 17.7. The molecule has 0 radical (unpaired) electrons. The van der Waals surface area contributed by atoms with Crippen LogP contribution < -0.4 is 0 Å². The van der Waals surface area contributed by atoms with Crippen LogP contribution in [0.2, 0.25) is 0 Å². The van der Waals surface area contributed by atoms with Gasteiger partial charge in [-0.2, -0.15) is 0 Å². The van der Waals surface area contributed by atoms with E-state index >= 15 is 0 Å². The van der Waals surface area contributed by atoms with Crippen LogP contribution in [0.15, 0.2) is 24.3 Å². The van der Waals surface area contributed by atoms with Crippen molar-refractivity contribution in [1.82, 2.24) is 0 Å². The topological polar surface area (TPSA) is 0 Å². The van der Waals surface area contributed by atoms with Gasteiger partial charge in [-0.3, -0.25) is 25.0 Å². The van der Waals surface area contributed by atoms with E-state index in [4.69, 9.17) is 0 Å². The van der Waals surface area contributed by atoms with E-state index in [1.165, 1.54) is 0 Å². The average molecular weight is 333 g/mol. The Bertz CT molecular complexity index is 161. The van der Waals surface area contributed by atoms with Gasteiger partial charge in [0.25, 0.3) is 0 Å². The van der Waals surface area contributed by atoms with Gasteiger partial charge in [0.05, 0.1) is 0 Å². The second-order valence-corrected chi connectivity index (χ2v) is 1.77. The van der Waals surface area contributed by atoms with Crippen molar-refractivity contribution in [1.29, 1.82) is 0 Å². The summed E-state index contributed by atoms with van der Waals surface area (Å²) in [5.74, 6) is 0. The van der Waals surface area contributed by atoms with Crippen LogP contribution in [0.3, 0.4) is 0 Å². The third-order valence-corrected chi connectivity index (χ3v) is 1.12. The van der Waals surface area contributed by atoms with Crippen LogP contribution in [0.25, 0.3) is 0 Å². The Labute approximate surface area is 91.7 Å². The molecule has 12 heavy (non-hydrogen) atoms. The summed E-state index contributed by atoms with van der Waals surface area (Å²) in [6.07, 6.45) is 0. The first-order valence-electron chi connectivity index (χ1n) is 3.53. The summed E-state index contributed by atoms with van der Waals surface area (Å²) in [4.78, 5) is 0. The fourth-order valence-electron chi connectivity index (χ4n) is 0.557. The molecule has 0 spiro atoms. The molecule has 0 N–H and O–H groups in total. The molecule has 0 bridgehead atoms. The Morgan fingerprint density at radius 1 is 0.917 bits per heavy atom. The molecule has 1 aromatic rings. The summed E-state index contributed by atoms with van der Waals surface area (Å²) in [5, 5.41) is 0. The average Bonchev–Trinajstić information content (AvgIpc) is 2.00. The monoisotopic (exact) mass is 333 g/mol. The zero-order valence-electron chi connectivity index (χ0n) is 8.13.